The summed E-state index contributed by atoms with van der Waals surface area (Å²) in [6.45, 7) is 5.12. The number of esters is 1. The third-order valence-electron chi connectivity index (χ3n) is 2.97. The van der Waals surface area contributed by atoms with Gasteiger partial charge in [-0.15, -0.1) is 0 Å². The largest absolute Gasteiger partial charge is 0.462 e. The van der Waals surface area contributed by atoms with Crippen LogP contribution in [0, 0.1) is 0 Å². The fourth-order valence-electron chi connectivity index (χ4n) is 2.08. The van der Waals surface area contributed by atoms with Gasteiger partial charge in [-0.05, 0) is 5.56 Å². The standard InChI is InChI=1S/C14H17NO3/c1-2-13(16)17-10-8-14(15-9-11-18-14)12-6-4-3-5-7-12/h2-7,15H,1,8-11H2. The Hall–Kier alpha value is -1.65. The first-order chi connectivity index (χ1) is 8.77. The van der Waals surface area contributed by atoms with Crippen LogP contribution in [-0.4, -0.2) is 25.7 Å². The smallest absolute Gasteiger partial charge is 0.330 e. The van der Waals surface area contributed by atoms with Gasteiger partial charge in [0.2, 0.25) is 0 Å². The molecule has 1 aliphatic rings. The summed E-state index contributed by atoms with van der Waals surface area (Å²) in [5.74, 6) is -0.406. The summed E-state index contributed by atoms with van der Waals surface area (Å²) < 4.78 is 10.8. The summed E-state index contributed by atoms with van der Waals surface area (Å²) in [5, 5.41) is 3.34. The molecule has 1 N–H and O–H groups in total. The van der Waals surface area contributed by atoms with Gasteiger partial charge in [0.15, 0.2) is 0 Å². The average Bonchev–Trinajstić information content (AvgIpc) is 2.89. The van der Waals surface area contributed by atoms with Crippen molar-refractivity contribution in [3.8, 4) is 0 Å². The molecular formula is C14H17NO3. The molecule has 1 aliphatic heterocycles. The van der Waals surface area contributed by atoms with Crippen LogP contribution in [0.15, 0.2) is 43.0 Å². The number of hydrogen-bond donors (Lipinski definition) is 1. The van der Waals surface area contributed by atoms with Crippen LogP contribution in [0.4, 0.5) is 0 Å². The minimum atomic E-state index is -0.539. The molecule has 0 radical (unpaired) electrons. The highest BCUT2D eigenvalue weighted by Gasteiger charge is 2.36. The van der Waals surface area contributed by atoms with E-state index in [0.29, 0.717) is 19.6 Å². The molecule has 0 saturated carbocycles. The van der Waals surface area contributed by atoms with Crippen LogP contribution in [0.25, 0.3) is 0 Å². The number of ether oxygens (including phenoxy) is 2. The van der Waals surface area contributed by atoms with Gasteiger partial charge < -0.3 is 9.47 Å². The van der Waals surface area contributed by atoms with Gasteiger partial charge in [0.1, 0.15) is 5.72 Å². The van der Waals surface area contributed by atoms with E-state index in [1.165, 1.54) is 0 Å². The van der Waals surface area contributed by atoms with Crippen molar-refractivity contribution in [1.29, 1.82) is 0 Å². The van der Waals surface area contributed by atoms with Gasteiger partial charge in [0.25, 0.3) is 0 Å². The Kier molecular flexibility index (Phi) is 4.12. The summed E-state index contributed by atoms with van der Waals surface area (Å²) in [7, 11) is 0. The van der Waals surface area contributed by atoms with E-state index in [4.69, 9.17) is 9.47 Å². The molecule has 1 heterocycles. The molecule has 0 bridgehead atoms. The van der Waals surface area contributed by atoms with Crippen molar-refractivity contribution in [2.45, 2.75) is 12.1 Å². The molecule has 1 atom stereocenters. The molecule has 4 heteroatoms. The fraction of sp³-hybridized carbons (Fsp3) is 0.357. The zero-order valence-electron chi connectivity index (χ0n) is 10.2. The van der Waals surface area contributed by atoms with E-state index in [1.54, 1.807) is 0 Å². The average molecular weight is 247 g/mol. The van der Waals surface area contributed by atoms with Gasteiger partial charge in [-0.2, -0.15) is 0 Å². The highest BCUT2D eigenvalue weighted by atomic mass is 16.5. The van der Waals surface area contributed by atoms with Gasteiger partial charge in [0, 0.05) is 19.0 Å². The van der Waals surface area contributed by atoms with Crippen LogP contribution in [0.2, 0.25) is 0 Å². The Morgan fingerprint density at radius 1 is 1.50 bits per heavy atom. The van der Waals surface area contributed by atoms with Crippen LogP contribution >= 0.6 is 0 Å². The molecule has 1 unspecified atom stereocenters. The van der Waals surface area contributed by atoms with Gasteiger partial charge >= 0.3 is 5.97 Å². The highest BCUT2D eigenvalue weighted by Crippen LogP contribution is 2.29. The van der Waals surface area contributed by atoms with E-state index >= 15 is 0 Å². The number of nitrogens with one attached hydrogen (secondary N) is 1. The minimum Gasteiger partial charge on any atom is -0.462 e. The maximum Gasteiger partial charge on any atom is 0.330 e. The van der Waals surface area contributed by atoms with E-state index in [1.807, 2.05) is 30.3 Å². The zero-order chi connectivity index (χ0) is 12.8. The molecule has 0 spiro atoms. The summed E-state index contributed by atoms with van der Waals surface area (Å²) >= 11 is 0. The molecule has 0 aromatic heterocycles. The topological polar surface area (TPSA) is 47.6 Å². The lowest BCUT2D eigenvalue weighted by molar-refractivity contribution is -0.140. The number of benzene rings is 1. The molecular weight excluding hydrogens is 230 g/mol. The molecule has 18 heavy (non-hydrogen) atoms. The molecule has 1 aromatic carbocycles. The maximum atomic E-state index is 11.0. The molecule has 0 aliphatic carbocycles. The second kappa shape index (κ2) is 5.80. The second-order valence-corrected chi connectivity index (χ2v) is 4.09. The lowest BCUT2D eigenvalue weighted by Crippen LogP contribution is -2.39. The Bertz CT molecular complexity index is 410. The quantitative estimate of drug-likeness (QED) is 0.634. The van der Waals surface area contributed by atoms with Crippen molar-refractivity contribution in [3.63, 3.8) is 0 Å². The molecule has 0 amide bonds. The van der Waals surface area contributed by atoms with Crippen molar-refractivity contribution < 1.29 is 14.3 Å². The van der Waals surface area contributed by atoms with Crippen molar-refractivity contribution in [1.82, 2.24) is 5.32 Å². The van der Waals surface area contributed by atoms with Crippen molar-refractivity contribution in [3.05, 3.63) is 48.6 Å². The van der Waals surface area contributed by atoms with E-state index < -0.39 is 11.7 Å². The van der Waals surface area contributed by atoms with E-state index in [0.717, 1.165) is 18.2 Å². The van der Waals surface area contributed by atoms with Gasteiger partial charge in [-0.3, -0.25) is 5.32 Å². The third-order valence-corrected chi connectivity index (χ3v) is 2.97. The first-order valence-corrected chi connectivity index (χ1v) is 6.00. The van der Waals surface area contributed by atoms with Crippen LogP contribution in [0.5, 0.6) is 0 Å². The molecule has 1 fully saturated rings. The van der Waals surface area contributed by atoms with Crippen molar-refractivity contribution in [2.75, 3.05) is 19.8 Å². The van der Waals surface area contributed by atoms with E-state index in [-0.39, 0.29) is 0 Å². The Morgan fingerprint density at radius 3 is 2.89 bits per heavy atom. The van der Waals surface area contributed by atoms with E-state index in [9.17, 15) is 4.79 Å². The molecule has 1 saturated heterocycles. The normalized spacial score (nSPS) is 22.7. The predicted octanol–water partition coefficient (Wildman–Crippen LogP) is 1.58. The molecule has 96 valence electrons. The molecule has 1 aromatic rings. The van der Waals surface area contributed by atoms with Crippen molar-refractivity contribution in [2.24, 2.45) is 0 Å². The Morgan fingerprint density at radius 2 is 2.28 bits per heavy atom. The second-order valence-electron chi connectivity index (χ2n) is 4.09. The minimum absolute atomic E-state index is 0.298. The maximum absolute atomic E-state index is 11.0. The monoisotopic (exact) mass is 247 g/mol. The number of carbonyl (C=O) groups excluding carboxylic acids is 1. The van der Waals surface area contributed by atoms with Crippen LogP contribution in [0.3, 0.4) is 0 Å². The summed E-state index contributed by atoms with van der Waals surface area (Å²) in [6.07, 6.45) is 1.74. The summed E-state index contributed by atoms with van der Waals surface area (Å²) in [5.41, 5.74) is 0.514. The van der Waals surface area contributed by atoms with Gasteiger partial charge in [-0.1, -0.05) is 36.9 Å². The fourth-order valence-corrected chi connectivity index (χ4v) is 2.08. The van der Waals surface area contributed by atoms with Crippen LogP contribution in [0.1, 0.15) is 12.0 Å². The Labute approximate surface area is 107 Å². The molecule has 4 nitrogen and oxygen atoms in total. The molecule has 2 rings (SSSR count). The van der Waals surface area contributed by atoms with Gasteiger partial charge in [0.05, 0.1) is 13.2 Å². The van der Waals surface area contributed by atoms with Crippen LogP contribution < -0.4 is 5.32 Å². The SMILES string of the molecule is C=CC(=O)OCCC1(c2ccccc2)NCCO1. The van der Waals surface area contributed by atoms with E-state index in [2.05, 4.69) is 11.9 Å². The van der Waals surface area contributed by atoms with Gasteiger partial charge in [-0.25, -0.2) is 4.79 Å². The first kappa shape index (κ1) is 12.8. The third kappa shape index (κ3) is 2.78. The zero-order valence-corrected chi connectivity index (χ0v) is 10.2. The summed E-state index contributed by atoms with van der Waals surface area (Å²) in [6, 6.07) is 9.91. The van der Waals surface area contributed by atoms with Crippen molar-refractivity contribution >= 4 is 5.97 Å². The number of hydrogen-bond acceptors (Lipinski definition) is 4. The van der Waals surface area contributed by atoms with Crippen LogP contribution in [-0.2, 0) is 20.0 Å². The highest BCUT2D eigenvalue weighted by molar-refractivity contribution is 5.81. The predicted molar refractivity (Wildman–Crippen MR) is 67.8 cm³/mol. The first-order valence-electron chi connectivity index (χ1n) is 6.00. The number of rotatable bonds is 5. The number of carbonyl (C=O) groups is 1. The lowest BCUT2D eigenvalue weighted by atomic mass is 10.00. The lowest BCUT2D eigenvalue weighted by Gasteiger charge is -2.28. The summed E-state index contributed by atoms with van der Waals surface area (Å²) in [4.78, 5) is 11.0. The Balaban J connectivity index is 2.04.